The molecule has 1 rings (SSSR count). The molecule has 1 aliphatic heterocycles. The molecule has 0 aliphatic carbocycles. The SMILES string of the molecule is CS(=O)(=O)CCC(N)C(=O)N1CCC[C@@H]1C(=O)O. The van der Waals surface area contributed by atoms with E-state index in [1.165, 1.54) is 4.90 Å². The van der Waals surface area contributed by atoms with Gasteiger partial charge in [0.2, 0.25) is 5.91 Å². The predicted molar refractivity (Wildman–Crippen MR) is 64.7 cm³/mol. The average molecular weight is 278 g/mol. The van der Waals surface area contributed by atoms with Gasteiger partial charge in [-0.05, 0) is 19.3 Å². The van der Waals surface area contributed by atoms with Crippen LogP contribution in [0.25, 0.3) is 0 Å². The molecular formula is C10H18N2O5S. The number of carbonyl (C=O) groups is 2. The molecule has 3 N–H and O–H groups in total. The highest BCUT2D eigenvalue weighted by Gasteiger charge is 2.36. The fourth-order valence-electron chi connectivity index (χ4n) is 1.96. The Morgan fingerprint density at radius 1 is 1.50 bits per heavy atom. The number of nitrogens with two attached hydrogens (primary N) is 1. The van der Waals surface area contributed by atoms with E-state index in [0.717, 1.165) is 6.26 Å². The number of carboxylic acids is 1. The molecule has 104 valence electrons. The zero-order chi connectivity index (χ0) is 13.9. The van der Waals surface area contributed by atoms with E-state index in [1.807, 2.05) is 0 Å². The highest BCUT2D eigenvalue weighted by atomic mass is 32.2. The first-order valence-corrected chi connectivity index (χ1v) is 7.75. The molecule has 0 aromatic heterocycles. The molecule has 1 fully saturated rings. The van der Waals surface area contributed by atoms with Crippen molar-refractivity contribution in [2.45, 2.75) is 31.3 Å². The molecule has 2 atom stereocenters. The molecule has 0 aromatic rings. The lowest BCUT2D eigenvalue weighted by molar-refractivity contribution is -0.148. The molecular weight excluding hydrogens is 260 g/mol. The summed E-state index contributed by atoms with van der Waals surface area (Å²) in [7, 11) is -3.17. The number of hydrogen-bond acceptors (Lipinski definition) is 5. The first-order chi connectivity index (χ1) is 8.22. The number of nitrogens with zero attached hydrogens (tertiary/aromatic N) is 1. The lowest BCUT2D eigenvalue weighted by Gasteiger charge is -2.24. The van der Waals surface area contributed by atoms with E-state index in [0.29, 0.717) is 19.4 Å². The van der Waals surface area contributed by atoms with Crippen LogP contribution in [0.15, 0.2) is 0 Å². The van der Waals surface area contributed by atoms with E-state index in [1.54, 1.807) is 0 Å². The molecule has 0 saturated carbocycles. The van der Waals surface area contributed by atoms with E-state index < -0.39 is 33.8 Å². The molecule has 0 radical (unpaired) electrons. The number of sulfone groups is 1. The van der Waals surface area contributed by atoms with Crippen molar-refractivity contribution >= 4 is 21.7 Å². The Labute approximate surface area is 106 Å². The second kappa shape index (κ2) is 5.66. The maximum atomic E-state index is 11.9. The van der Waals surface area contributed by atoms with Crippen molar-refractivity contribution in [3.8, 4) is 0 Å². The van der Waals surface area contributed by atoms with E-state index in [9.17, 15) is 18.0 Å². The van der Waals surface area contributed by atoms with E-state index in [-0.39, 0.29) is 12.2 Å². The van der Waals surface area contributed by atoms with Crippen molar-refractivity contribution in [1.29, 1.82) is 0 Å². The third kappa shape index (κ3) is 3.95. The van der Waals surface area contributed by atoms with Gasteiger partial charge in [-0.25, -0.2) is 13.2 Å². The maximum Gasteiger partial charge on any atom is 0.326 e. The zero-order valence-corrected chi connectivity index (χ0v) is 11.0. The van der Waals surface area contributed by atoms with Gasteiger partial charge in [0.05, 0.1) is 11.8 Å². The Kier molecular flexibility index (Phi) is 4.69. The van der Waals surface area contributed by atoms with Gasteiger partial charge in [0, 0.05) is 12.8 Å². The number of hydrogen-bond donors (Lipinski definition) is 2. The van der Waals surface area contributed by atoms with Gasteiger partial charge in [-0.15, -0.1) is 0 Å². The molecule has 1 aliphatic rings. The Morgan fingerprint density at radius 2 is 2.11 bits per heavy atom. The number of carboxylic acid groups (broad SMARTS) is 1. The summed E-state index contributed by atoms with van der Waals surface area (Å²) in [6.07, 6.45) is 2.13. The molecule has 18 heavy (non-hydrogen) atoms. The van der Waals surface area contributed by atoms with Crippen LogP contribution < -0.4 is 5.73 Å². The molecule has 1 amide bonds. The number of amides is 1. The quantitative estimate of drug-likeness (QED) is 0.654. The third-order valence-electron chi connectivity index (χ3n) is 2.94. The molecule has 1 saturated heterocycles. The Hall–Kier alpha value is -1.15. The van der Waals surface area contributed by atoms with E-state index in [2.05, 4.69) is 0 Å². The smallest absolute Gasteiger partial charge is 0.326 e. The molecule has 1 heterocycles. The average Bonchev–Trinajstić information content (AvgIpc) is 2.72. The summed E-state index contributed by atoms with van der Waals surface area (Å²) in [5.41, 5.74) is 5.62. The number of likely N-dealkylation sites (tertiary alicyclic amines) is 1. The molecule has 0 aromatic carbocycles. The van der Waals surface area contributed by atoms with Crippen LogP contribution in [0, 0.1) is 0 Å². The Morgan fingerprint density at radius 3 is 2.61 bits per heavy atom. The van der Waals surface area contributed by atoms with Gasteiger partial charge in [0.1, 0.15) is 15.9 Å². The van der Waals surface area contributed by atoms with Crippen molar-refractivity contribution in [2.24, 2.45) is 5.73 Å². The van der Waals surface area contributed by atoms with Gasteiger partial charge in [0.25, 0.3) is 0 Å². The predicted octanol–water partition coefficient (Wildman–Crippen LogP) is -1.18. The lowest BCUT2D eigenvalue weighted by atomic mass is 10.2. The molecule has 1 unspecified atom stereocenters. The van der Waals surface area contributed by atoms with Crippen molar-refractivity contribution in [3.05, 3.63) is 0 Å². The zero-order valence-electron chi connectivity index (χ0n) is 10.2. The van der Waals surface area contributed by atoms with Gasteiger partial charge in [-0.2, -0.15) is 0 Å². The van der Waals surface area contributed by atoms with E-state index in [4.69, 9.17) is 10.8 Å². The molecule has 0 spiro atoms. The van der Waals surface area contributed by atoms with Crippen LogP contribution in [0.2, 0.25) is 0 Å². The molecule has 8 heteroatoms. The van der Waals surface area contributed by atoms with Crippen LogP contribution >= 0.6 is 0 Å². The van der Waals surface area contributed by atoms with Gasteiger partial charge in [-0.3, -0.25) is 4.79 Å². The highest BCUT2D eigenvalue weighted by molar-refractivity contribution is 7.90. The van der Waals surface area contributed by atoms with Crippen LogP contribution in [0.4, 0.5) is 0 Å². The van der Waals surface area contributed by atoms with Gasteiger partial charge in [-0.1, -0.05) is 0 Å². The van der Waals surface area contributed by atoms with E-state index >= 15 is 0 Å². The Bertz CT molecular complexity index is 434. The normalized spacial score (nSPS) is 21.9. The van der Waals surface area contributed by atoms with Gasteiger partial charge in [0.15, 0.2) is 0 Å². The van der Waals surface area contributed by atoms with Crippen molar-refractivity contribution in [1.82, 2.24) is 4.90 Å². The van der Waals surface area contributed by atoms with Crippen LogP contribution in [-0.4, -0.2) is 60.9 Å². The topological polar surface area (TPSA) is 118 Å². The first-order valence-electron chi connectivity index (χ1n) is 5.69. The largest absolute Gasteiger partial charge is 0.480 e. The second-order valence-electron chi connectivity index (χ2n) is 4.55. The monoisotopic (exact) mass is 278 g/mol. The van der Waals surface area contributed by atoms with Crippen molar-refractivity contribution in [2.75, 3.05) is 18.6 Å². The summed E-state index contributed by atoms with van der Waals surface area (Å²) in [5, 5.41) is 8.94. The molecule has 0 bridgehead atoms. The summed E-state index contributed by atoms with van der Waals surface area (Å²) in [4.78, 5) is 24.1. The van der Waals surface area contributed by atoms with Crippen LogP contribution in [0.5, 0.6) is 0 Å². The fraction of sp³-hybridized carbons (Fsp3) is 0.800. The highest BCUT2D eigenvalue weighted by Crippen LogP contribution is 2.18. The van der Waals surface area contributed by atoms with Gasteiger partial charge < -0.3 is 15.7 Å². The minimum atomic E-state index is -3.17. The fourth-order valence-corrected chi connectivity index (χ4v) is 2.65. The third-order valence-corrected chi connectivity index (χ3v) is 3.92. The summed E-state index contributed by atoms with van der Waals surface area (Å²) < 4.78 is 22.0. The maximum absolute atomic E-state index is 11.9. The summed E-state index contributed by atoms with van der Waals surface area (Å²) >= 11 is 0. The first kappa shape index (κ1) is 14.9. The Balaban J connectivity index is 2.60. The summed E-state index contributed by atoms with van der Waals surface area (Å²) in [6, 6.07) is -1.79. The van der Waals surface area contributed by atoms with Crippen molar-refractivity contribution < 1.29 is 23.1 Å². The van der Waals surface area contributed by atoms with Crippen LogP contribution in [-0.2, 0) is 19.4 Å². The second-order valence-corrected chi connectivity index (χ2v) is 6.81. The van der Waals surface area contributed by atoms with Crippen LogP contribution in [0.3, 0.4) is 0 Å². The van der Waals surface area contributed by atoms with Crippen LogP contribution in [0.1, 0.15) is 19.3 Å². The minimum absolute atomic E-state index is 0.0144. The number of rotatable bonds is 5. The number of carbonyl (C=O) groups excluding carboxylic acids is 1. The molecule has 7 nitrogen and oxygen atoms in total. The van der Waals surface area contributed by atoms with Crippen molar-refractivity contribution in [3.63, 3.8) is 0 Å². The summed E-state index contributed by atoms with van der Waals surface area (Å²) in [6.45, 7) is 0.363. The lowest BCUT2D eigenvalue weighted by Crippen LogP contribution is -2.48. The van der Waals surface area contributed by atoms with Gasteiger partial charge >= 0.3 is 5.97 Å². The number of aliphatic carboxylic acids is 1. The minimum Gasteiger partial charge on any atom is -0.480 e. The standard InChI is InChI=1S/C10H18N2O5S/c1-18(16,17)6-4-7(11)9(13)12-5-2-3-8(12)10(14)15/h7-8H,2-6,11H2,1H3,(H,14,15)/t7?,8-/m1/s1. The summed E-state index contributed by atoms with van der Waals surface area (Å²) in [5.74, 6) is -1.70.